The minimum atomic E-state index is -0.970. The topological polar surface area (TPSA) is 72.5 Å². The second-order valence-corrected chi connectivity index (χ2v) is 4.32. The molecule has 0 saturated heterocycles. The molecule has 0 aliphatic rings. The molecule has 0 saturated carbocycles. The van der Waals surface area contributed by atoms with E-state index >= 15 is 0 Å². The highest BCUT2D eigenvalue weighted by molar-refractivity contribution is 5.89. The first-order valence-electron chi connectivity index (χ1n) is 6.40. The molecule has 0 aliphatic heterocycles. The zero-order valence-corrected chi connectivity index (χ0v) is 10.8. The fraction of sp³-hybridized carbons (Fsp3) is 0.500. The van der Waals surface area contributed by atoms with Gasteiger partial charge in [-0.05, 0) is 24.6 Å². The molecule has 1 aromatic carbocycles. The Balaban J connectivity index is 2.41. The van der Waals surface area contributed by atoms with Crippen LogP contribution in [-0.4, -0.2) is 17.7 Å². The molecule has 0 amide bonds. The molecule has 3 N–H and O–H groups in total. The van der Waals surface area contributed by atoms with Crippen LogP contribution in [0.4, 0.5) is 5.69 Å². The number of nitrogen functional groups attached to an aromatic ring is 1. The molecule has 0 atom stereocenters. The predicted molar refractivity (Wildman–Crippen MR) is 72.1 cm³/mol. The number of hydrogen-bond acceptors (Lipinski definition) is 3. The number of hydrogen-bond donors (Lipinski definition) is 2. The SMILES string of the molecule is CCCCCCCOc1cc(C(=O)O)ccc1N. The van der Waals surface area contributed by atoms with Crippen molar-refractivity contribution in [3.8, 4) is 5.75 Å². The van der Waals surface area contributed by atoms with Crippen LogP contribution < -0.4 is 10.5 Å². The molecule has 0 fully saturated rings. The molecule has 4 nitrogen and oxygen atoms in total. The van der Waals surface area contributed by atoms with Crippen molar-refractivity contribution in [2.75, 3.05) is 12.3 Å². The second-order valence-electron chi connectivity index (χ2n) is 4.32. The van der Waals surface area contributed by atoms with Gasteiger partial charge in [0.25, 0.3) is 0 Å². The molecule has 0 aliphatic carbocycles. The van der Waals surface area contributed by atoms with Gasteiger partial charge in [-0.25, -0.2) is 4.79 Å². The number of ether oxygens (including phenoxy) is 1. The lowest BCUT2D eigenvalue weighted by Crippen LogP contribution is -2.03. The molecule has 1 rings (SSSR count). The standard InChI is InChI=1S/C14H21NO3/c1-2-3-4-5-6-9-18-13-10-11(14(16)17)7-8-12(13)15/h7-8,10H,2-6,9,15H2,1H3,(H,16,17). The number of anilines is 1. The fourth-order valence-corrected chi connectivity index (χ4v) is 1.68. The van der Waals surface area contributed by atoms with E-state index in [9.17, 15) is 4.79 Å². The zero-order valence-electron chi connectivity index (χ0n) is 10.8. The van der Waals surface area contributed by atoms with E-state index in [2.05, 4.69) is 6.92 Å². The number of benzene rings is 1. The highest BCUT2D eigenvalue weighted by atomic mass is 16.5. The normalized spacial score (nSPS) is 10.3. The van der Waals surface area contributed by atoms with Crippen molar-refractivity contribution >= 4 is 11.7 Å². The molecule has 0 aromatic heterocycles. The molecule has 18 heavy (non-hydrogen) atoms. The molecule has 100 valence electrons. The van der Waals surface area contributed by atoms with Crippen LogP contribution in [-0.2, 0) is 0 Å². The third-order valence-corrected chi connectivity index (χ3v) is 2.77. The quantitative estimate of drug-likeness (QED) is 0.549. The van der Waals surface area contributed by atoms with Crippen LogP contribution in [0.3, 0.4) is 0 Å². The summed E-state index contributed by atoms with van der Waals surface area (Å²) in [6.07, 6.45) is 5.78. The summed E-state index contributed by atoms with van der Waals surface area (Å²) in [4.78, 5) is 10.8. The maximum Gasteiger partial charge on any atom is 0.335 e. The highest BCUT2D eigenvalue weighted by Crippen LogP contribution is 2.23. The Bertz CT molecular complexity index is 391. The number of nitrogens with two attached hydrogens (primary N) is 1. The highest BCUT2D eigenvalue weighted by Gasteiger charge is 2.07. The number of rotatable bonds is 8. The van der Waals surface area contributed by atoms with Crippen LogP contribution in [0, 0.1) is 0 Å². The smallest absolute Gasteiger partial charge is 0.335 e. The number of unbranched alkanes of at least 4 members (excludes halogenated alkanes) is 4. The monoisotopic (exact) mass is 251 g/mol. The summed E-state index contributed by atoms with van der Waals surface area (Å²) >= 11 is 0. The minimum absolute atomic E-state index is 0.199. The summed E-state index contributed by atoms with van der Waals surface area (Å²) in [6, 6.07) is 4.52. The van der Waals surface area contributed by atoms with Gasteiger partial charge in [0.2, 0.25) is 0 Å². The van der Waals surface area contributed by atoms with E-state index in [0.717, 1.165) is 12.8 Å². The predicted octanol–water partition coefficient (Wildman–Crippen LogP) is 3.32. The van der Waals surface area contributed by atoms with E-state index in [0.29, 0.717) is 18.0 Å². The molecule has 0 unspecified atom stereocenters. The van der Waals surface area contributed by atoms with Gasteiger partial charge in [0.15, 0.2) is 0 Å². The van der Waals surface area contributed by atoms with Crippen molar-refractivity contribution in [2.24, 2.45) is 0 Å². The molecule has 0 bridgehead atoms. The molecule has 4 heteroatoms. The zero-order chi connectivity index (χ0) is 13.4. The molecule has 0 spiro atoms. The fourth-order valence-electron chi connectivity index (χ4n) is 1.68. The molecular weight excluding hydrogens is 230 g/mol. The van der Waals surface area contributed by atoms with Crippen LogP contribution in [0.15, 0.2) is 18.2 Å². The Morgan fingerprint density at radius 3 is 2.67 bits per heavy atom. The van der Waals surface area contributed by atoms with Crippen molar-refractivity contribution < 1.29 is 14.6 Å². The average Bonchev–Trinajstić information content (AvgIpc) is 2.35. The van der Waals surface area contributed by atoms with E-state index in [1.54, 1.807) is 6.07 Å². The summed E-state index contributed by atoms with van der Waals surface area (Å²) < 4.78 is 5.52. The summed E-state index contributed by atoms with van der Waals surface area (Å²) in [5.41, 5.74) is 6.41. The van der Waals surface area contributed by atoms with Crippen molar-refractivity contribution in [2.45, 2.75) is 39.0 Å². The first-order chi connectivity index (χ1) is 8.65. The van der Waals surface area contributed by atoms with E-state index < -0.39 is 5.97 Å². The average molecular weight is 251 g/mol. The largest absolute Gasteiger partial charge is 0.491 e. The van der Waals surface area contributed by atoms with Crippen LogP contribution in [0.1, 0.15) is 49.4 Å². The minimum Gasteiger partial charge on any atom is -0.491 e. The summed E-state index contributed by atoms with van der Waals surface area (Å²) in [5, 5.41) is 8.87. The third-order valence-electron chi connectivity index (χ3n) is 2.77. The van der Waals surface area contributed by atoms with E-state index in [1.165, 1.54) is 31.4 Å². The summed E-state index contributed by atoms with van der Waals surface area (Å²) in [6.45, 7) is 2.76. The van der Waals surface area contributed by atoms with Gasteiger partial charge in [-0.3, -0.25) is 0 Å². The lowest BCUT2D eigenvalue weighted by atomic mass is 10.1. The Hall–Kier alpha value is -1.71. The third kappa shape index (κ3) is 4.65. The molecule has 1 aromatic rings. The van der Waals surface area contributed by atoms with Crippen LogP contribution in [0.2, 0.25) is 0 Å². The first kappa shape index (κ1) is 14.4. The number of aromatic carboxylic acids is 1. The van der Waals surface area contributed by atoms with Crippen LogP contribution >= 0.6 is 0 Å². The maximum absolute atomic E-state index is 10.8. The maximum atomic E-state index is 10.8. The first-order valence-corrected chi connectivity index (χ1v) is 6.40. The van der Waals surface area contributed by atoms with Crippen LogP contribution in [0.5, 0.6) is 5.75 Å². The Morgan fingerprint density at radius 2 is 2.00 bits per heavy atom. The van der Waals surface area contributed by atoms with E-state index in [4.69, 9.17) is 15.6 Å². The van der Waals surface area contributed by atoms with Gasteiger partial charge in [0.1, 0.15) is 5.75 Å². The lowest BCUT2D eigenvalue weighted by Gasteiger charge is -2.09. The Kier molecular flexibility index (Phi) is 6.05. The lowest BCUT2D eigenvalue weighted by molar-refractivity contribution is 0.0696. The summed E-state index contributed by atoms with van der Waals surface area (Å²) in [7, 11) is 0. The van der Waals surface area contributed by atoms with E-state index in [1.807, 2.05) is 0 Å². The second kappa shape index (κ2) is 7.58. The van der Waals surface area contributed by atoms with E-state index in [-0.39, 0.29) is 5.56 Å². The Labute approximate surface area is 108 Å². The van der Waals surface area contributed by atoms with Gasteiger partial charge in [0.05, 0.1) is 17.9 Å². The van der Waals surface area contributed by atoms with Gasteiger partial charge >= 0.3 is 5.97 Å². The van der Waals surface area contributed by atoms with Crippen molar-refractivity contribution in [1.82, 2.24) is 0 Å². The van der Waals surface area contributed by atoms with Crippen molar-refractivity contribution in [1.29, 1.82) is 0 Å². The molecule has 0 radical (unpaired) electrons. The van der Waals surface area contributed by atoms with Gasteiger partial charge in [-0.15, -0.1) is 0 Å². The van der Waals surface area contributed by atoms with Crippen LogP contribution in [0.25, 0.3) is 0 Å². The van der Waals surface area contributed by atoms with Crippen molar-refractivity contribution in [3.63, 3.8) is 0 Å². The number of carbonyl (C=O) groups is 1. The Morgan fingerprint density at radius 1 is 1.28 bits per heavy atom. The van der Waals surface area contributed by atoms with Gasteiger partial charge in [-0.2, -0.15) is 0 Å². The summed E-state index contributed by atoms with van der Waals surface area (Å²) in [5.74, 6) is -0.506. The van der Waals surface area contributed by atoms with Gasteiger partial charge in [-0.1, -0.05) is 32.6 Å². The van der Waals surface area contributed by atoms with Gasteiger partial charge in [0, 0.05) is 0 Å². The number of carboxylic acids is 1. The molecular formula is C14H21NO3. The van der Waals surface area contributed by atoms with Crippen molar-refractivity contribution in [3.05, 3.63) is 23.8 Å². The van der Waals surface area contributed by atoms with Gasteiger partial charge < -0.3 is 15.6 Å². The number of carboxylic acid groups (broad SMARTS) is 1. The molecule has 0 heterocycles.